The van der Waals surface area contributed by atoms with Gasteiger partial charge in [-0.1, -0.05) is 25.3 Å². The predicted octanol–water partition coefficient (Wildman–Crippen LogP) is 4.89. The van der Waals surface area contributed by atoms with Crippen LogP contribution in [0.15, 0.2) is 12.1 Å². The van der Waals surface area contributed by atoms with Gasteiger partial charge in [-0.05, 0) is 76.8 Å². The van der Waals surface area contributed by atoms with Crippen LogP contribution in [0, 0.1) is 10.8 Å². The summed E-state index contributed by atoms with van der Waals surface area (Å²) in [5.41, 5.74) is 0.0865. The number of carboxylic acids is 2. The van der Waals surface area contributed by atoms with Gasteiger partial charge in [0.05, 0.1) is 10.8 Å². The molecule has 0 heterocycles. The normalized spacial score (nSPS) is 15.2. The largest absolute Gasteiger partial charge is 0.508 e. The fourth-order valence-electron chi connectivity index (χ4n) is 3.78. The summed E-state index contributed by atoms with van der Waals surface area (Å²) in [6.45, 7) is 3.46. The first-order valence-corrected chi connectivity index (χ1v) is 10.6. The van der Waals surface area contributed by atoms with Crippen LogP contribution in [0.4, 0.5) is 0 Å². The Kier molecular flexibility index (Phi) is 7.55. The lowest BCUT2D eigenvalue weighted by Crippen LogP contribution is -2.23. The molecule has 1 fully saturated rings. The standard InChI is InChI=1S/C23H34O6/c1-22(2,20(26)27)12-6-3-4-8-16-10-11-18(24)17(19(16)25)9-5-7-13-23(14-15-23)21(28)29/h10-11,24-25H,3-9,12-15H2,1-2H3,(H,26,27)(H,28,29). The van der Waals surface area contributed by atoms with Crippen LogP contribution in [0.3, 0.4) is 0 Å². The number of hydrogen-bond donors (Lipinski definition) is 4. The highest BCUT2D eigenvalue weighted by molar-refractivity contribution is 5.77. The van der Waals surface area contributed by atoms with Crippen molar-refractivity contribution in [3.8, 4) is 11.5 Å². The Morgan fingerprint density at radius 2 is 1.62 bits per heavy atom. The number of unbranched alkanes of at least 4 members (excludes halogenated alkanes) is 3. The van der Waals surface area contributed by atoms with Gasteiger partial charge in [-0.25, -0.2) is 0 Å². The minimum Gasteiger partial charge on any atom is -0.508 e. The zero-order valence-corrected chi connectivity index (χ0v) is 17.5. The Labute approximate surface area is 172 Å². The summed E-state index contributed by atoms with van der Waals surface area (Å²) in [6.07, 6.45) is 7.98. The van der Waals surface area contributed by atoms with Gasteiger partial charge in [-0.2, -0.15) is 0 Å². The molecule has 1 aliphatic rings. The van der Waals surface area contributed by atoms with Crippen molar-refractivity contribution in [3.63, 3.8) is 0 Å². The van der Waals surface area contributed by atoms with Gasteiger partial charge in [0.2, 0.25) is 0 Å². The van der Waals surface area contributed by atoms with E-state index in [1.807, 2.05) is 0 Å². The van der Waals surface area contributed by atoms with E-state index >= 15 is 0 Å². The highest BCUT2D eigenvalue weighted by Gasteiger charge is 2.49. The lowest BCUT2D eigenvalue weighted by Gasteiger charge is -2.18. The maximum absolute atomic E-state index is 11.2. The summed E-state index contributed by atoms with van der Waals surface area (Å²) in [4.78, 5) is 22.4. The fraction of sp³-hybridized carbons (Fsp3) is 0.652. The summed E-state index contributed by atoms with van der Waals surface area (Å²) in [6, 6.07) is 3.34. The molecule has 4 N–H and O–H groups in total. The number of benzene rings is 1. The molecule has 0 aromatic heterocycles. The molecule has 2 rings (SSSR count). The lowest BCUT2D eigenvalue weighted by molar-refractivity contribution is -0.147. The first-order chi connectivity index (χ1) is 13.6. The van der Waals surface area contributed by atoms with Crippen molar-refractivity contribution in [1.82, 2.24) is 0 Å². The van der Waals surface area contributed by atoms with Gasteiger partial charge in [0, 0.05) is 5.56 Å². The molecular formula is C23H34O6. The van der Waals surface area contributed by atoms with Gasteiger partial charge in [-0.15, -0.1) is 0 Å². The van der Waals surface area contributed by atoms with E-state index in [2.05, 4.69) is 0 Å². The maximum Gasteiger partial charge on any atom is 0.309 e. The van der Waals surface area contributed by atoms with Gasteiger partial charge < -0.3 is 20.4 Å². The van der Waals surface area contributed by atoms with Gasteiger partial charge in [0.25, 0.3) is 0 Å². The van der Waals surface area contributed by atoms with E-state index in [0.29, 0.717) is 31.2 Å². The van der Waals surface area contributed by atoms with Crippen LogP contribution in [0.1, 0.15) is 82.8 Å². The van der Waals surface area contributed by atoms with E-state index in [1.165, 1.54) is 0 Å². The first kappa shape index (κ1) is 23.0. The molecule has 0 saturated heterocycles. The van der Waals surface area contributed by atoms with Crippen molar-refractivity contribution in [2.24, 2.45) is 10.8 Å². The van der Waals surface area contributed by atoms with Gasteiger partial charge in [0.15, 0.2) is 0 Å². The van der Waals surface area contributed by atoms with Crippen LogP contribution < -0.4 is 0 Å². The smallest absolute Gasteiger partial charge is 0.309 e. The molecule has 1 saturated carbocycles. The predicted molar refractivity (Wildman–Crippen MR) is 110 cm³/mol. The molecule has 0 atom stereocenters. The molecule has 1 aliphatic carbocycles. The van der Waals surface area contributed by atoms with Crippen molar-refractivity contribution in [1.29, 1.82) is 0 Å². The Morgan fingerprint density at radius 1 is 0.966 bits per heavy atom. The number of aromatic hydroxyl groups is 2. The number of phenolic OH excluding ortho intramolecular Hbond substituents is 2. The molecule has 6 heteroatoms. The second-order valence-electron chi connectivity index (χ2n) is 9.11. The highest BCUT2D eigenvalue weighted by Crippen LogP contribution is 2.50. The summed E-state index contributed by atoms with van der Waals surface area (Å²) >= 11 is 0. The third-order valence-corrected chi connectivity index (χ3v) is 6.31. The second kappa shape index (κ2) is 9.51. The Bertz CT molecular complexity index is 733. The number of aliphatic carboxylic acids is 2. The molecule has 6 nitrogen and oxygen atoms in total. The molecule has 29 heavy (non-hydrogen) atoms. The molecule has 0 amide bonds. The maximum atomic E-state index is 11.2. The third-order valence-electron chi connectivity index (χ3n) is 6.31. The summed E-state index contributed by atoms with van der Waals surface area (Å²) in [5, 5.41) is 39.0. The summed E-state index contributed by atoms with van der Waals surface area (Å²) in [7, 11) is 0. The van der Waals surface area contributed by atoms with E-state index in [-0.39, 0.29) is 11.5 Å². The summed E-state index contributed by atoms with van der Waals surface area (Å²) < 4.78 is 0. The first-order valence-electron chi connectivity index (χ1n) is 10.6. The van der Waals surface area contributed by atoms with Crippen LogP contribution in [0.2, 0.25) is 0 Å². The number of aryl methyl sites for hydroxylation is 1. The number of carbonyl (C=O) groups is 2. The van der Waals surface area contributed by atoms with Crippen LogP contribution in [-0.4, -0.2) is 32.4 Å². The lowest BCUT2D eigenvalue weighted by atomic mass is 9.87. The second-order valence-corrected chi connectivity index (χ2v) is 9.11. The summed E-state index contributed by atoms with van der Waals surface area (Å²) in [5.74, 6) is -1.28. The van der Waals surface area contributed by atoms with E-state index in [4.69, 9.17) is 5.11 Å². The van der Waals surface area contributed by atoms with Gasteiger partial charge in [0.1, 0.15) is 11.5 Å². The van der Waals surface area contributed by atoms with Crippen LogP contribution >= 0.6 is 0 Å². The quantitative estimate of drug-likeness (QED) is 0.347. The van der Waals surface area contributed by atoms with Crippen molar-refractivity contribution >= 4 is 11.9 Å². The van der Waals surface area contributed by atoms with Crippen molar-refractivity contribution in [2.45, 2.75) is 84.5 Å². The minimum atomic E-state index is -0.783. The van der Waals surface area contributed by atoms with E-state index < -0.39 is 22.8 Å². The molecule has 1 aromatic rings. The monoisotopic (exact) mass is 406 g/mol. The number of hydrogen-bond acceptors (Lipinski definition) is 4. The molecule has 0 aliphatic heterocycles. The molecule has 1 aromatic carbocycles. The minimum absolute atomic E-state index is 0.0776. The van der Waals surface area contributed by atoms with Crippen molar-refractivity contribution in [3.05, 3.63) is 23.3 Å². The Hall–Kier alpha value is -2.24. The highest BCUT2D eigenvalue weighted by atomic mass is 16.4. The van der Waals surface area contributed by atoms with Crippen LogP contribution in [0.5, 0.6) is 11.5 Å². The van der Waals surface area contributed by atoms with Gasteiger partial charge >= 0.3 is 11.9 Å². The van der Waals surface area contributed by atoms with E-state index in [9.17, 15) is 24.9 Å². The molecule has 0 bridgehead atoms. The zero-order chi connectivity index (χ0) is 21.7. The molecule has 0 radical (unpaired) electrons. The Balaban J connectivity index is 1.80. The Morgan fingerprint density at radius 3 is 2.21 bits per heavy atom. The van der Waals surface area contributed by atoms with Gasteiger partial charge in [-0.3, -0.25) is 9.59 Å². The zero-order valence-electron chi connectivity index (χ0n) is 17.5. The number of phenols is 2. The molecule has 162 valence electrons. The SMILES string of the molecule is CC(C)(CCCCCc1ccc(O)c(CCCCC2(C(=O)O)CC2)c1O)C(=O)O. The third kappa shape index (κ3) is 6.12. The van der Waals surface area contributed by atoms with E-state index in [0.717, 1.165) is 50.5 Å². The average molecular weight is 407 g/mol. The van der Waals surface area contributed by atoms with E-state index in [1.54, 1.807) is 26.0 Å². The molecule has 0 unspecified atom stereocenters. The number of carboxylic acid groups (broad SMARTS) is 2. The van der Waals surface area contributed by atoms with Crippen molar-refractivity contribution < 1.29 is 30.0 Å². The fourth-order valence-corrected chi connectivity index (χ4v) is 3.78. The topological polar surface area (TPSA) is 115 Å². The van der Waals surface area contributed by atoms with Crippen molar-refractivity contribution in [2.75, 3.05) is 0 Å². The molecular weight excluding hydrogens is 372 g/mol. The number of rotatable bonds is 13. The average Bonchev–Trinajstić information content (AvgIpc) is 3.43. The van der Waals surface area contributed by atoms with Crippen LogP contribution in [-0.2, 0) is 22.4 Å². The molecule has 0 spiro atoms. The van der Waals surface area contributed by atoms with Crippen LogP contribution in [0.25, 0.3) is 0 Å².